The molecular formula is C25H25ClN4O2. The summed E-state index contributed by atoms with van der Waals surface area (Å²) in [6.07, 6.45) is 2.94. The number of methoxy groups -OCH3 is 1. The lowest BCUT2D eigenvalue weighted by Gasteiger charge is -2.36. The fourth-order valence-electron chi connectivity index (χ4n) is 4.52. The fourth-order valence-corrected chi connectivity index (χ4v) is 4.64. The molecule has 2 aromatic carbocycles. The normalized spacial score (nSPS) is 18.4. The molecule has 0 spiro atoms. The van der Waals surface area contributed by atoms with Gasteiger partial charge in [-0.25, -0.2) is 9.97 Å². The molecule has 6 nitrogen and oxygen atoms in total. The molecule has 1 aliphatic heterocycles. The molecule has 7 heteroatoms. The molecule has 0 saturated carbocycles. The number of benzene rings is 2. The van der Waals surface area contributed by atoms with Crippen LogP contribution in [0.5, 0.6) is 5.75 Å². The Labute approximate surface area is 192 Å². The Balaban J connectivity index is 1.29. The number of halogens is 1. The summed E-state index contributed by atoms with van der Waals surface area (Å²) in [5.41, 5.74) is 3.83. The number of anilines is 2. The lowest BCUT2D eigenvalue weighted by molar-refractivity contribution is 0.0962. The summed E-state index contributed by atoms with van der Waals surface area (Å²) >= 11 is 6.03. The Bertz CT molecular complexity index is 1110. The number of nitrogens with zero attached hydrogens (tertiary/aromatic N) is 4. The maximum Gasteiger partial charge on any atom is 0.225 e. The zero-order valence-electron chi connectivity index (χ0n) is 18.0. The molecule has 2 aliphatic rings. The third-order valence-electron chi connectivity index (χ3n) is 6.37. The Morgan fingerprint density at radius 3 is 2.31 bits per heavy atom. The summed E-state index contributed by atoms with van der Waals surface area (Å²) in [6, 6.07) is 15.9. The number of aromatic nitrogens is 2. The molecule has 164 valence electrons. The average molecular weight is 449 g/mol. The van der Waals surface area contributed by atoms with Crippen LogP contribution in [0, 0.1) is 0 Å². The molecule has 0 radical (unpaired) electrons. The van der Waals surface area contributed by atoms with Gasteiger partial charge in [-0.15, -0.1) is 0 Å². The van der Waals surface area contributed by atoms with Crippen molar-refractivity contribution in [1.29, 1.82) is 0 Å². The minimum absolute atomic E-state index is 0.113. The van der Waals surface area contributed by atoms with E-state index in [-0.39, 0.29) is 11.7 Å². The lowest BCUT2D eigenvalue weighted by Crippen LogP contribution is -2.47. The molecular weight excluding hydrogens is 424 g/mol. The van der Waals surface area contributed by atoms with E-state index in [0.29, 0.717) is 23.0 Å². The molecule has 1 saturated heterocycles. The van der Waals surface area contributed by atoms with Crippen LogP contribution in [0.4, 0.5) is 11.6 Å². The first-order valence-electron chi connectivity index (χ1n) is 10.9. The van der Waals surface area contributed by atoms with Crippen molar-refractivity contribution in [3.8, 4) is 5.75 Å². The smallest absolute Gasteiger partial charge is 0.225 e. The van der Waals surface area contributed by atoms with Gasteiger partial charge in [0.05, 0.1) is 18.4 Å². The quantitative estimate of drug-likeness (QED) is 0.590. The predicted molar refractivity (Wildman–Crippen MR) is 126 cm³/mol. The van der Waals surface area contributed by atoms with E-state index in [1.54, 1.807) is 13.3 Å². The number of hydrogen-bond acceptors (Lipinski definition) is 6. The standard InChI is InChI=1S/C25H25ClN4O2/c1-32-21-8-6-20(7-9-21)29-10-12-30(13-11-29)25-27-16-22-23(28-25)14-18(15-24(22)31)17-2-4-19(26)5-3-17/h2-9,16,18H,10-15H2,1H3/t18-/m0/s1. The monoisotopic (exact) mass is 448 g/mol. The fraction of sp³-hybridized carbons (Fsp3) is 0.320. The highest BCUT2D eigenvalue weighted by atomic mass is 35.5. The van der Waals surface area contributed by atoms with Gasteiger partial charge in [0.1, 0.15) is 5.75 Å². The highest BCUT2D eigenvalue weighted by Gasteiger charge is 2.29. The molecule has 3 aromatic rings. The minimum atomic E-state index is 0.113. The molecule has 1 aromatic heterocycles. The van der Waals surface area contributed by atoms with Gasteiger partial charge >= 0.3 is 0 Å². The van der Waals surface area contributed by atoms with Crippen molar-refractivity contribution < 1.29 is 9.53 Å². The van der Waals surface area contributed by atoms with Crippen molar-refractivity contribution in [1.82, 2.24) is 9.97 Å². The molecule has 5 rings (SSSR count). The Kier molecular flexibility index (Phi) is 5.70. The van der Waals surface area contributed by atoms with Crippen molar-refractivity contribution in [3.05, 3.63) is 76.6 Å². The summed E-state index contributed by atoms with van der Waals surface area (Å²) in [5.74, 6) is 1.81. The van der Waals surface area contributed by atoms with Crippen molar-refractivity contribution in [2.45, 2.75) is 18.8 Å². The second-order valence-corrected chi connectivity index (χ2v) is 8.72. The number of hydrogen-bond donors (Lipinski definition) is 0. The third kappa shape index (κ3) is 4.15. The number of fused-ring (bicyclic) bond motifs is 1. The highest BCUT2D eigenvalue weighted by molar-refractivity contribution is 6.30. The van der Waals surface area contributed by atoms with E-state index < -0.39 is 0 Å². The molecule has 32 heavy (non-hydrogen) atoms. The number of ether oxygens (including phenoxy) is 1. The van der Waals surface area contributed by atoms with E-state index in [0.717, 1.165) is 49.6 Å². The SMILES string of the molecule is COc1ccc(N2CCN(c3ncc4c(n3)C[C@H](c3ccc(Cl)cc3)CC4=O)CC2)cc1. The van der Waals surface area contributed by atoms with Gasteiger partial charge in [-0.2, -0.15) is 0 Å². The van der Waals surface area contributed by atoms with E-state index in [1.165, 1.54) is 5.69 Å². The molecule has 1 aliphatic carbocycles. The summed E-state index contributed by atoms with van der Waals surface area (Å²) in [7, 11) is 1.68. The van der Waals surface area contributed by atoms with Crippen molar-refractivity contribution in [3.63, 3.8) is 0 Å². The molecule has 0 bridgehead atoms. The van der Waals surface area contributed by atoms with Gasteiger partial charge in [-0.3, -0.25) is 4.79 Å². The van der Waals surface area contributed by atoms with Gasteiger partial charge in [-0.05, 0) is 54.3 Å². The molecule has 1 atom stereocenters. The summed E-state index contributed by atoms with van der Waals surface area (Å²) < 4.78 is 5.25. The number of carbonyl (C=O) groups excluding carboxylic acids is 1. The maximum absolute atomic E-state index is 12.7. The van der Waals surface area contributed by atoms with Crippen LogP contribution in [0.15, 0.2) is 54.7 Å². The van der Waals surface area contributed by atoms with Crippen molar-refractivity contribution in [2.24, 2.45) is 0 Å². The molecule has 0 unspecified atom stereocenters. The van der Waals surface area contributed by atoms with E-state index >= 15 is 0 Å². The Morgan fingerprint density at radius 2 is 1.62 bits per heavy atom. The Morgan fingerprint density at radius 1 is 0.938 bits per heavy atom. The van der Waals surface area contributed by atoms with Crippen LogP contribution < -0.4 is 14.5 Å². The summed E-state index contributed by atoms with van der Waals surface area (Å²) in [4.78, 5) is 26.7. The van der Waals surface area contributed by atoms with Crippen LogP contribution in [-0.4, -0.2) is 49.0 Å². The molecule has 1 fully saturated rings. The van der Waals surface area contributed by atoms with Gasteiger partial charge < -0.3 is 14.5 Å². The van der Waals surface area contributed by atoms with Crippen molar-refractivity contribution >= 4 is 29.0 Å². The van der Waals surface area contributed by atoms with Crippen molar-refractivity contribution in [2.75, 3.05) is 43.1 Å². The topological polar surface area (TPSA) is 58.6 Å². The number of piperazine rings is 1. The Hall–Kier alpha value is -3.12. The van der Waals surface area contributed by atoms with Crippen LogP contribution in [-0.2, 0) is 6.42 Å². The van der Waals surface area contributed by atoms with Crippen LogP contribution in [0.1, 0.15) is 34.0 Å². The van der Waals surface area contributed by atoms with E-state index in [4.69, 9.17) is 21.3 Å². The van der Waals surface area contributed by atoms with Gasteiger partial charge in [0.25, 0.3) is 0 Å². The third-order valence-corrected chi connectivity index (χ3v) is 6.62. The van der Waals surface area contributed by atoms with Gasteiger partial charge in [0.15, 0.2) is 5.78 Å². The molecule has 2 heterocycles. The zero-order chi connectivity index (χ0) is 22.1. The highest BCUT2D eigenvalue weighted by Crippen LogP contribution is 2.33. The first kappa shape index (κ1) is 20.8. The van der Waals surface area contributed by atoms with Crippen LogP contribution in [0.25, 0.3) is 0 Å². The maximum atomic E-state index is 12.7. The van der Waals surface area contributed by atoms with E-state index in [1.807, 2.05) is 36.4 Å². The number of ketones is 1. The number of carbonyl (C=O) groups is 1. The van der Waals surface area contributed by atoms with Gasteiger partial charge in [0.2, 0.25) is 5.95 Å². The second kappa shape index (κ2) is 8.79. The first-order valence-corrected chi connectivity index (χ1v) is 11.3. The van der Waals surface area contributed by atoms with Gasteiger partial charge in [0, 0.05) is 49.5 Å². The molecule has 0 N–H and O–H groups in total. The largest absolute Gasteiger partial charge is 0.497 e. The van der Waals surface area contributed by atoms with E-state index in [9.17, 15) is 4.79 Å². The van der Waals surface area contributed by atoms with Crippen LogP contribution in [0.2, 0.25) is 5.02 Å². The van der Waals surface area contributed by atoms with Gasteiger partial charge in [-0.1, -0.05) is 23.7 Å². The summed E-state index contributed by atoms with van der Waals surface area (Å²) in [5, 5.41) is 0.703. The van der Waals surface area contributed by atoms with E-state index in [2.05, 4.69) is 26.9 Å². The summed E-state index contributed by atoms with van der Waals surface area (Å²) in [6.45, 7) is 3.44. The minimum Gasteiger partial charge on any atom is -0.497 e. The number of rotatable bonds is 4. The molecule has 0 amide bonds. The second-order valence-electron chi connectivity index (χ2n) is 8.28. The predicted octanol–water partition coefficient (Wildman–Crippen LogP) is 4.38. The average Bonchev–Trinajstić information content (AvgIpc) is 2.84. The lowest BCUT2D eigenvalue weighted by atomic mass is 9.82. The zero-order valence-corrected chi connectivity index (χ0v) is 18.8. The van der Waals surface area contributed by atoms with Crippen LogP contribution >= 0.6 is 11.6 Å². The first-order chi connectivity index (χ1) is 15.6. The van der Waals surface area contributed by atoms with Crippen LogP contribution in [0.3, 0.4) is 0 Å². The number of Topliss-reactive ketones (excluding diaryl/α,β-unsaturated/α-hetero) is 1.